The molecule has 2 aromatic heterocycles. The van der Waals surface area contributed by atoms with Crippen LogP contribution < -0.4 is 9.46 Å². The normalized spacial score (nSPS) is 20.4. The molecule has 0 saturated heterocycles. The van der Waals surface area contributed by atoms with E-state index in [1.165, 1.54) is 0 Å². The number of nitrogens with one attached hydrogen (secondary N) is 1. The molecule has 0 radical (unpaired) electrons. The topological polar surface area (TPSA) is 110 Å². The molecule has 0 amide bonds. The first-order valence-corrected chi connectivity index (χ1v) is 14.3. The van der Waals surface area contributed by atoms with Crippen LogP contribution in [-0.4, -0.2) is 47.5 Å². The van der Waals surface area contributed by atoms with Crippen molar-refractivity contribution in [2.75, 3.05) is 17.9 Å². The van der Waals surface area contributed by atoms with Crippen molar-refractivity contribution in [2.24, 2.45) is 5.92 Å². The quantitative estimate of drug-likeness (QED) is 0.413. The molecule has 3 aliphatic rings. The molecule has 2 saturated carbocycles. The number of aromatic nitrogens is 3. The van der Waals surface area contributed by atoms with Crippen LogP contribution in [0.5, 0.6) is 5.88 Å². The molecule has 202 valence electrons. The molecule has 1 atom stereocenters. The molecule has 1 N–H and O–H groups in total. The van der Waals surface area contributed by atoms with E-state index in [2.05, 4.69) is 31.7 Å². The maximum atomic E-state index is 13.0. The zero-order valence-corrected chi connectivity index (χ0v) is 21.8. The van der Waals surface area contributed by atoms with Crippen molar-refractivity contribution in [1.29, 1.82) is 0 Å². The molecule has 2 fully saturated rings. The third-order valence-electron chi connectivity index (χ3n) is 7.55. The smallest absolute Gasteiger partial charge is 0.277 e. The number of halogens is 2. The highest BCUT2D eigenvalue weighted by molar-refractivity contribution is 7.92. The lowest BCUT2D eigenvalue weighted by Gasteiger charge is -2.34. The van der Waals surface area contributed by atoms with Crippen LogP contribution >= 0.6 is 0 Å². The Kier molecular flexibility index (Phi) is 6.34. The van der Waals surface area contributed by atoms with Gasteiger partial charge < -0.3 is 9.26 Å². The summed E-state index contributed by atoms with van der Waals surface area (Å²) in [7, 11) is -3.87. The number of alkyl halides is 2. The minimum Gasteiger partial charge on any atom is -0.477 e. The van der Waals surface area contributed by atoms with Crippen LogP contribution in [-0.2, 0) is 23.0 Å². The van der Waals surface area contributed by atoms with Crippen molar-refractivity contribution in [3.8, 4) is 5.88 Å². The number of nitrogens with zero attached hydrogens (tertiary/aromatic N) is 4. The van der Waals surface area contributed by atoms with Crippen molar-refractivity contribution in [2.45, 2.75) is 68.4 Å². The van der Waals surface area contributed by atoms with Gasteiger partial charge >= 0.3 is 0 Å². The van der Waals surface area contributed by atoms with E-state index in [0.717, 1.165) is 42.5 Å². The van der Waals surface area contributed by atoms with Crippen molar-refractivity contribution in [3.05, 3.63) is 59.1 Å². The summed E-state index contributed by atoms with van der Waals surface area (Å²) in [5.74, 6) is -1.60. The molecule has 1 aliphatic heterocycles. The summed E-state index contributed by atoms with van der Waals surface area (Å²) in [4.78, 5) is 10.9. The summed E-state index contributed by atoms with van der Waals surface area (Å²) < 4.78 is 65.2. The van der Waals surface area contributed by atoms with Crippen LogP contribution in [0.1, 0.15) is 67.1 Å². The van der Waals surface area contributed by atoms with Crippen LogP contribution in [0.25, 0.3) is 0 Å². The standard InChI is InChI=1S/C26H29F2N5O4S/c1-16(20-5-7-23(29-13-20)36-15-17-11-26(27,28)12-17)33-9-8-18-4-6-22(10-21(18)14-33)38(34,35)32-25-30-24(37-31-25)19-2-3-19/h4-7,10,13,16-17,19H,2-3,8-9,11-12,14-15H2,1H3,(H,31,32)/t16-/m1/s1. The van der Waals surface area contributed by atoms with E-state index in [4.69, 9.17) is 9.26 Å². The van der Waals surface area contributed by atoms with Gasteiger partial charge in [-0.1, -0.05) is 12.1 Å². The number of sulfonamides is 1. The highest BCUT2D eigenvalue weighted by atomic mass is 32.2. The summed E-state index contributed by atoms with van der Waals surface area (Å²) >= 11 is 0. The molecule has 6 rings (SSSR count). The van der Waals surface area contributed by atoms with Crippen LogP contribution in [0.2, 0.25) is 0 Å². The highest BCUT2D eigenvalue weighted by Crippen LogP contribution is 2.42. The third-order valence-corrected chi connectivity index (χ3v) is 8.88. The van der Waals surface area contributed by atoms with Crippen molar-refractivity contribution >= 4 is 16.0 Å². The van der Waals surface area contributed by atoms with Gasteiger partial charge in [0.1, 0.15) is 0 Å². The fourth-order valence-electron chi connectivity index (χ4n) is 5.05. The minimum atomic E-state index is -3.87. The molecule has 12 heteroatoms. The molecule has 3 heterocycles. The molecule has 1 aromatic carbocycles. The summed E-state index contributed by atoms with van der Waals surface area (Å²) in [5.41, 5.74) is 3.05. The van der Waals surface area contributed by atoms with Gasteiger partial charge in [-0.05, 0) is 60.2 Å². The van der Waals surface area contributed by atoms with E-state index in [1.807, 2.05) is 12.1 Å². The predicted octanol–water partition coefficient (Wildman–Crippen LogP) is 4.69. The number of ether oxygens (including phenoxy) is 1. The monoisotopic (exact) mass is 545 g/mol. The molecule has 3 aromatic rings. The molecular weight excluding hydrogens is 516 g/mol. The molecule has 0 unspecified atom stereocenters. The lowest BCUT2D eigenvalue weighted by Crippen LogP contribution is -2.38. The van der Waals surface area contributed by atoms with Crippen LogP contribution in [0.4, 0.5) is 14.7 Å². The van der Waals surface area contributed by atoms with Gasteiger partial charge in [-0.15, -0.1) is 0 Å². The van der Waals surface area contributed by atoms with E-state index < -0.39 is 15.9 Å². The van der Waals surface area contributed by atoms with E-state index >= 15 is 0 Å². The fraction of sp³-hybridized carbons (Fsp3) is 0.500. The Morgan fingerprint density at radius 1 is 1.21 bits per heavy atom. The average Bonchev–Trinajstić information content (AvgIpc) is 3.64. The lowest BCUT2D eigenvalue weighted by atomic mass is 9.82. The Morgan fingerprint density at radius 3 is 2.74 bits per heavy atom. The maximum absolute atomic E-state index is 13.0. The zero-order chi connectivity index (χ0) is 26.5. The van der Waals surface area contributed by atoms with E-state index in [0.29, 0.717) is 18.3 Å². The van der Waals surface area contributed by atoms with Crippen molar-refractivity contribution < 1.29 is 26.5 Å². The number of rotatable bonds is 9. The maximum Gasteiger partial charge on any atom is 0.277 e. The SMILES string of the molecule is C[C@H](c1ccc(OCC2CC(F)(F)C2)nc1)N1CCc2ccc(S(=O)(=O)Nc3noc(C4CC4)n3)cc2C1. The molecule has 0 spiro atoms. The molecular formula is C26H29F2N5O4S. The number of benzene rings is 1. The largest absolute Gasteiger partial charge is 0.477 e. The second-order valence-corrected chi connectivity index (χ2v) is 12.2. The Labute approximate surface area is 219 Å². The van der Waals surface area contributed by atoms with Crippen molar-refractivity contribution in [3.63, 3.8) is 0 Å². The van der Waals surface area contributed by atoms with E-state index in [9.17, 15) is 17.2 Å². The van der Waals surface area contributed by atoms with Gasteiger partial charge in [-0.3, -0.25) is 4.90 Å². The van der Waals surface area contributed by atoms with Crippen LogP contribution in [0, 0.1) is 5.92 Å². The molecule has 0 bridgehead atoms. The van der Waals surface area contributed by atoms with Crippen molar-refractivity contribution in [1.82, 2.24) is 20.0 Å². The number of pyridine rings is 1. The average molecular weight is 546 g/mol. The molecule has 9 nitrogen and oxygen atoms in total. The second-order valence-electron chi connectivity index (χ2n) is 10.5. The van der Waals surface area contributed by atoms with Crippen LogP contribution in [0.15, 0.2) is 45.9 Å². The van der Waals surface area contributed by atoms with E-state index in [-0.39, 0.29) is 48.2 Å². The minimum absolute atomic E-state index is 0.0357. The summed E-state index contributed by atoms with van der Waals surface area (Å²) in [6.07, 6.45) is 4.24. The molecule has 38 heavy (non-hydrogen) atoms. The number of hydrogen-bond donors (Lipinski definition) is 1. The first kappa shape index (κ1) is 25.2. The van der Waals surface area contributed by atoms with Gasteiger partial charge in [-0.25, -0.2) is 26.9 Å². The van der Waals surface area contributed by atoms with Gasteiger partial charge in [0.15, 0.2) is 0 Å². The first-order valence-electron chi connectivity index (χ1n) is 12.8. The Bertz CT molecular complexity index is 1420. The Hall–Kier alpha value is -3.12. The van der Waals surface area contributed by atoms with Gasteiger partial charge in [0.25, 0.3) is 16.0 Å². The summed E-state index contributed by atoms with van der Waals surface area (Å²) in [6.45, 7) is 3.73. The lowest BCUT2D eigenvalue weighted by molar-refractivity contribution is -0.119. The fourth-order valence-corrected chi connectivity index (χ4v) is 6.03. The summed E-state index contributed by atoms with van der Waals surface area (Å²) in [6, 6.07) is 8.91. The van der Waals surface area contributed by atoms with Gasteiger partial charge in [-0.2, -0.15) is 4.98 Å². The number of hydrogen-bond acceptors (Lipinski definition) is 8. The zero-order valence-electron chi connectivity index (χ0n) is 20.9. The first-order chi connectivity index (χ1) is 18.1. The Balaban J connectivity index is 1.09. The van der Waals surface area contributed by atoms with Gasteiger partial charge in [0, 0.05) is 56.1 Å². The van der Waals surface area contributed by atoms with Gasteiger partial charge in [0.05, 0.1) is 11.5 Å². The van der Waals surface area contributed by atoms with Crippen LogP contribution in [0.3, 0.4) is 0 Å². The predicted molar refractivity (Wildman–Crippen MR) is 133 cm³/mol. The number of anilines is 1. The summed E-state index contributed by atoms with van der Waals surface area (Å²) in [5, 5.41) is 3.75. The number of fused-ring (bicyclic) bond motifs is 1. The van der Waals surface area contributed by atoms with Gasteiger partial charge in [0.2, 0.25) is 17.7 Å². The highest BCUT2D eigenvalue weighted by Gasteiger charge is 2.45. The third kappa shape index (κ3) is 5.37. The Morgan fingerprint density at radius 2 is 2.03 bits per heavy atom. The second kappa shape index (κ2) is 9.57. The van der Waals surface area contributed by atoms with E-state index in [1.54, 1.807) is 24.4 Å². The molecule has 2 aliphatic carbocycles.